The summed E-state index contributed by atoms with van der Waals surface area (Å²) in [6.07, 6.45) is 4.25. The van der Waals surface area contributed by atoms with Gasteiger partial charge in [-0.1, -0.05) is 11.2 Å². The SMILES string of the molecule is c1cncc(Cc2noc(C3CNC3)n2)c1. The molecule has 1 saturated heterocycles. The number of hydrogen-bond acceptors (Lipinski definition) is 5. The highest BCUT2D eigenvalue weighted by atomic mass is 16.5. The minimum Gasteiger partial charge on any atom is -0.339 e. The highest BCUT2D eigenvalue weighted by Gasteiger charge is 2.24. The first-order chi connectivity index (χ1) is 7.92. The van der Waals surface area contributed by atoms with E-state index in [0.717, 1.165) is 30.4 Å². The average Bonchev–Trinajstić information content (AvgIpc) is 2.65. The van der Waals surface area contributed by atoms with Crippen molar-refractivity contribution in [1.29, 1.82) is 0 Å². The first kappa shape index (κ1) is 9.47. The van der Waals surface area contributed by atoms with Crippen molar-refractivity contribution in [2.24, 2.45) is 0 Å². The van der Waals surface area contributed by atoms with Gasteiger partial charge in [0.25, 0.3) is 0 Å². The molecule has 1 fully saturated rings. The smallest absolute Gasteiger partial charge is 0.232 e. The normalized spacial score (nSPS) is 16.0. The molecule has 5 nitrogen and oxygen atoms in total. The van der Waals surface area contributed by atoms with E-state index in [1.807, 2.05) is 18.3 Å². The van der Waals surface area contributed by atoms with Crippen LogP contribution < -0.4 is 5.32 Å². The van der Waals surface area contributed by atoms with Crippen LogP contribution in [-0.2, 0) is 6.42 Å². The predicted octanol–water partition coefficient (Wildman–Crippen LogP) is 0.742. The van der Waals surface area contributed by atoms with Gasteiger partial charge >= 0.3 is 0 Å². The fourth-order valence-electron chi connectivity index (χ4n) is 1.65. The predicted molar refractivity (Wildman–Crippen MR) is 57.0 cm³/mol. The minimum absolute atomic E-state index is 0.398. The molecule has 0 amide bonds. The van der Waals surface area contributed by atoms with Gasteiger partial charge in [0.1, 0.15) is 0 Å². The van der Waals surface area contributed by atoms with Crippen LogP contribution in [0.2, 0.25) is 0 Å². The molecule has 0 radical (unpaired) electrons. The van der Waals surface area contributed by atoms with Crippen LogP contribution in [0.15, 0.2) is 29.0 Å². The van der Waals surface area contributed by atoms with Gasteiger partial charge in [-0.05, 0) is 11.6 Å². The van der Waals surface area contributed by atoms with Crippen molar-refractivity contribution in [3.63, 3.8) is 0 Å². The summed E-state index contributed by atoms with van der Waals surface area (Å²) in [6.45, 7) is 1.88. The Morgan fingerprint density at radius 3 is 3.06 bits per heavy atom. The maximum atomic E-state index is 5.22. The molecule has 2 aromatic rings. The highest BCUT2D eigenvalue weighted by molar-refractivity contribution is 5.14. The Bertz CT molecular complexity index is 464. The number of aromatic nitrogens is 3. The molecule has 3 heterocycles. The zero-order chi connectivity index (χ0) is 10.8. The zero-order valence-electron chi connectivity index (χ0n) is 8.76. The Morgan fingerprint density at radius 2 is 2.38 bits per heavy atom. The molecule has 5 heteroatoms. The molecule has 0 atom stereocenters. The third kappa shape index (κ3) is 1.81. The van der Waals surface area contributed by atoms with Crippen molar-refractivity contribution in [2.45, 2.75) is 12.3 Å². The summed E-state index contributed by atoms with van der Waals surface area (Å²) in [5.74, 6) is 1.88. The Labute approximate surface area is 92.9 Å². The van der Waals surface area contributed by atoms with Gasteiger partial charge in [-0.2, -0.15) is 4.98 Å². The number of pyridine rings is 1. The van der Waals surface area contributed by atoms with Crippen molar-refractivity contribution in [3.05, 3.63) is 41.8 Å². The third-order valence-corrected chi connectivity index (χ3v) is 2.70. The first-order valence-electron chi connectivity index (χ1n) is 5.34. The molecule has 1 aliphatic rings. The molecule has 16 heavy (non-hydrogen) atoms. The molecule has 0 aromatic carbocycles. The molecule has 2 aromatic heterocycles. The van der Waals surface area contributed by atoms with E-state index >= 15 is 0 Å². The molecule has 0 unspecified atom stereocenters. The van der Waals surface area contributed by atoms with Gasteiger partial charge in [0.05, 0.1) is 5.92 Å². The second-order valence-electron chi connectivity index (χ2n) is 3.94. The van der Waals surface area contributed by atoms with Gasteiger partial charge in [0.15, 0.2) is 5.82 Å². The fourth-order valence-corrected chi connectivity index (χ4v) is 1.65. The van der Waals surface area contributed by atoms with Crippen LogP contribution in [0.1, 0.15) is 23.2 Å². The standard InChI is InChI=1S/C11H12N4O/c1-2-8(5-12-3-1)4-10-14-11(16-15-10)9-6-13-7-9/h1-3,5,9,13H,4,6-7H2. The molecule has 0 aliphatic carbocycles. The van der Waals surface area contributed by atoms with Crippen molar-refractivity contribution < 1.29 is 4.52 Å². The van der Waals surface area contributed by atoms with Crippen molar-refractivity contribution in [3.8, 4) is 0 Å². The number of nitrogens with one attached hydrogen (secondary N) is 1. The lowest BCUT2D eigenvalue weighted by Crippen LogP contribution is -2.40. The van der Waals surface area contributed by atoms with E-state index in [0.29, 0.717) is 12.3 Å². The number of nitrogens with zero attached hydrogens (tertiary/aromatic N) is 3. The Kier molecular flexibility index (Phi) is 2.38. The molecular formula is C11H12N4O. The van der Waals surface area contributed by atoms with E-state index in [-0.39, 0.29) is 0 Å². The van der Waals surface area contributed by atoms with Gasteiger partial charge in [-0.3, -0.25) is 4.98 Å². The van der Waals surface area contributed by atoms with Crippen LogP contribution in [0, 0.1) is 0 Å². The maximum Gasteiger partial charge on any atom is 0.232 e. The van der Waals surface area contributed by atoms with E-state index < -0.39 is 0 Å². The molecular weight excluding hydrogens is 204 g/mol. The maximum absolute atomic E-state index is 5.22. The summed E-state index contributed by atoms with van der Waals surface area (Å²) in [6, 6.07) is 3.92. The summed E-state index contributed by atoms with van der Waals surface area (Å²) < 4.78 is 5.22. The van der Waals surface area contributed by atoms with Crippen molar-refractivity contribution >= 4 is 0 Å². The minimum atomic E-state index is 0.398. The number of rotatable bonds is 3. The van der Waals surface area contributed by atoms with Gasteiger partial charge in [0, 0.05) is 31.9 Å². The van der Waals surface area contributed by atoms with Crippen LogP contribution >= 0.6 is 0 Å². The molecule has 0 spiro atoms. The molecule has 1 N–H and O–H groups in total. The topological polar surface area (TPSA) is 63.8 Å². The van der Waals surface area contributed by atoms with Crippen LogP contribution in [0.4, 0.5) is 0 Å². The van der Waals surface area contributed by atoms with Gasteiger partial charge in [-0.25, -0.2) is 0 Å². The second-order valence-corrected chi connectivity index (χ2v) is 3.94. The lowest BCUT2D eigenvalue weighted by atomic mass is 10.0. The zero-order valence-corrected chi connectivity index (χ0v) is 8.76. The summed E-state index contributed by atoms with van der Waals surface area (Å²) in [7, 11) is 0. The summed E-state index contributed by atoms with van der Waals surface area (Å²) in [4.78, 5) is 8.44. The Hall–Kier alpha value is -1.75. The molecule has 82 valence electrons. The summed E-state index contributed by atoms with van der Waals surface area (Å²) >= 11 is 0. The third-order valence-electron chi connectivity index (χ3n) is 2.70. The average molecular weight is 216 g/mol. The van der Waals surface area contributed by atoms with Crippen molar-refractivity contribution in [1.82, 2.24) is 20.4 Å². The largest absolute Gasteiger partial charge is 0.339 e. The highest BCUT2D eigenvalue weighted by Crippen LogP contribution is 2.18. The van der Waals surface area contributed by atoms with Crippen molar-refractivity contribution in [2.75, 3.05) is 13.1 Å². The fraction of sp³-hybridized carbons (Fsp3) is 0.364. The first-order valence-corrected chi connectivity index (χ1v) is 5.34. The lowest BCUT2D eigenvalue weighted by molar-refractivity contribution is 0.306. The van der Waals surface area contributed by atoms with E-state index in [2.05, 4.69) is 20.4 Å². The summed E-state index contributed by atoms with van der Waals surface area (Å²) in [5, 5.41) is 7.15. The molecule has 0 saturated carbocycles. The van der Waals surface area contributed by atoms with E-state index in [1.165, 1.54) is 0 Å². The lowest BCUT2D eigenvalue weighted by Gasteiger charge is -2.22. The number of hydrogen-bond donors (Lipinski definition) is 1. The van der Waals surface area contributed by atoms with Crippen LogP contribution in [0.5, 0.6) is 0 Å². The van der Waals surface area contributed by atoms with E-state index in [1.54, 1.807) is 6.20 Å². The van der Waals surface area contributed by atoms with Crippen LogP contribution in [0.3, 0.4) is 0 Å². The second kappa shape index (κ2) is 4.02. The Balaban J connectivity index is 1.73. The monoisotopic (exact) mass is 216 g/mol. The van der Waals surface area contributed by atoms with Gasteiger partial charge < -0.3 is 9.84 Å². The van der Waals surface area contributed by atoms with E-state index in [9.17, 15) is 0 Å². The summed E-state index contributed by atoms with van der Waals surface area (Å²) in [5.41, 5.74) is 1.10. The quantitative estimate of drug-likeness (QED) is 0.820. The molecule has 0 bridgehead atoms. The van der Waals surface area contributed by atoms with Gasteiger partial charge in [0.2, 0.25) is 5.89 Å². The van der Waals surface area contributed by atoms with Crippen LogP contribution in [0.25, 0.3) is 0 Å². The molecule has 1 aliphatic heterocycles. The van der Waals surface area contributed by atoms with Crippen LogP contribution in [-0.4, -0.2) is 28.2 Å². The van der Waals surface area contributed by atoms with Gasteiger partial charge in [-0.15, -0.1) is 0 Å². The van der Waals surface area contributed by atoms with E-state index in [4.69, 9.17) is 4.52 Å². The molecule has 3 rings (SSSR count). The Morgan fingerprint density at radius 1 is 1.44 bits per heavy atom.